The third-order valence-corrected chi connectivity index (χ3v) is 3.68. The summed E-state index contributed by atoms with van der Waals surface area (Å²) >= 11 is 0. The van der Waals surface area contributed by atoms with Gasteiger partial charge in [-0.1, -0.05) is 18.2 Å². The lowest BCUT2D eigenvalue weighted by Crippen LogP contribution is -2.38. The molecule has 1 N–H and O–H groups in total. The van der Waals surface area contributed by atoms with Crippen molar-refractivity contribution < 1.29 is 4.79 Å². The Bertz CT molecular complexity index is 410. The Balaban J connectivity index is 1.52. The average molecular weight is 244 g/mol. The fourth-order valence-electron chi connectivity index (χ4n) is 2.25. The van der Waals surface area contributed by atoms with E-state index < -0.39 is 0 Å². The molecule has 18 heavy (non-hydrogen) atoms. The molecule has 0 atom stereocenters. The number of carbonyl (C=O) groups excluding carboxylic acids is 1. The van der Waals surface area contributed by atoms with Gasteiger partial charge in [-0.2, -0.15) is 0 Å². The molecule has 0 saturated heterocycles. The normalized spacial score (nSPS) is 18.4. The highest BCUT2D eigenvalue weighted by Gasteiger charge is 2.36. The number of benzene rings is 1. The SMILES string of the molecule is O=C(CNc1ccccc1)N(CC1CC1)C1CC1. The van der Waals surface area contributed by atoms with Gasteiger partial charge in [0.1, 0.15) is 0 Å². The zero-order valence-corrected chi connectivity index (χ0v) is 10.6. The van der Waals surface area contributed by atoms with Crippen LogP contribution in [0.25, 0.3) is 0 Å². The molecule has 1 aromatic rings. The fourth-order valence-corrected chi connectivity index (χ4v) is 2.25. The molecule has 0 bridgehead atoms. The van der Waals surface area contributed by atoms with Crippen LogP contribution in [0.5, 0.6) is 0 Å². The van der Waals surface area contributed by atoms with Crippen LogP contribution in [0.2, 0.25) is 0 Å². The number of anilines is 1. The van der Waals surface area contributed by atoms with Gasteiger partial charge in [0.15, 0.2) is 0 Å². The predicted octanol–water partition coefficient (Wildman–Crippen LogP) is 2.50. The molecule has 0 radical (unpaired) electrons. The highest BCUT2D eigenvalue weighted by Crippen LogP contribution is 2.34. The minimum absolute atomic E-state index is 0.258. The number of hydrogen-bond donors (Lipinski definition) is 1. The Morgan fingerprint density at radius 2 is 1.89 bits per heavy atom. The summed E-state index contributed by atoms with van der Waals surface area (Å²) in [4.78, 5) is 14.3. The van der Waals surface area contributed by atoms with E-state index >= 15 is 0 Å². The molecular formula is C15H20N2O. The maximum absolute atomic E-state index is 12.2. The molecule has 3 nitrogen and oxygen atoms in total. The van der Waals surface area contributed by atoms with Gasteiger partial charge in [0.25, 0.3) is 0 Å². The molecule has 3 heteroatoms. The first-order valence-corrected chi connectivity index (χ1v) is 6.91. The Morgan fingerprint density at radius 1 is 1.17 bits per heavy atom. The van der Waals surface area contributed by atoms with E-state index in [0.717, 1.165) is 18.2 Å². The van der Waals surface area contributed by atoms with Crippen LogP contribution in [-0.2, 0) is 4.79 Å². The smallest absolute Gasteiger partial charge is 0.242 e. The molecule has 0 spiro atoms. The van der Waals surface area contributed by atoms with Crippen LogP contribution in [0, 0.1) is 5.92 Å². The summed E-state index contributed by atoms with van der Waals surface area (Å²) in [6.45, 7) is 1.41. The Morgan fingerprint density at radius 3 is 2.50 bits per heavy atom. The van der Waals surface area contributed by atoms with Gasteiger partial charge >= 0.3 is 0 Å². The third-order valence-electron chi connectivity index (χ3n) is 3.68. The molecule has 96 valence electrons. The van der Waals surface area contributed by atoms with Crippen molar-refractivity contribution in [3.63, 3.8) is 0 Å². The predicted molar refractivity (Wildman–Crippen MR) is 72.4 cm³/mol. The molecular weight excluding hydrogens is 224 g/mol. The van der Waals surface area contributed by atoms with E-state index in [1.807, 2.05) is 30.3 Å². The van der Waals surface area contributed by atoms with Crippen molar-refractivity contribution in [3.05, 3.63) is 30.3 Å². The van der Waals surface area contributed by atoms with Crippen LogP contribution in [-0.4, -0.2) is 29.9 Å². The third kappa shape index (κ3) is 3.03. The van der Waals surface area contributed by atoms with Crippen molar-refractivity contribution in [2.24, 2.45) is 5.92 Å². The van der Waals surface area contributed by atoms with E-state index in [0.29, 0.717) is 12.6 Å². The summed E-state index contributed by atoms with van der Waals surface area (Å²) in [6, 6.07) is 10.5. The van der Waals surface area contributed by atoms with Gasteiger partial charge in [0.2, 0.25) is 5.91 Å². The number of rotatable bonds is 6. The van der Waals surface area contributed by atoms with Crippen LogP contribution >= 0.6 is 0 Å². The summed E-state index contributed by atoms with van der Waals surface area (Å²) in [7, 11) is 0. The van der Waals surface area contributed by atoms with E-state index in [-0.39, 0.29) is 5.91 Å². The van der Waals surface area contributed by atoms with Gasteiger partial charge in [-0.15, -0.1) is 0 Å². The first kappa shape index (κ1) is 11.6. The summed E-state index contributed by atoms with van der Waals surface area (Å²) in [5, 5.41) is 3.21. The second-order valence-corrected chi connectivity index (χ2v) is 5.44. The minimum Gasteiger partial charge on any atom is -0.376 e. The molecule has 2 aliphatic carbocycles. The highest BCUT2D eigenvalue weighted by molar-refractivity contribution is 5.81. The molecule has 1 amide bonds. The van der Waals surface area contributed by atoms with Crippen LogP contribution in [0.4, 0.5) is 5.69 Å². The van der Waals surface area contributed by atoms with E-state index in [2.05, 4.69) is 10.2 Å². The first-order valence-electron chi connectivity index (χ1n) is 6.91. The lowest BCUT2D eigenvalue weighted by molar-refractivity contribution is -0.130. The largest absolute Gasteiger partial charge is 0.376 e. The second-order valence-electron chi connectivity index (χ2n) is 5.44. The molecule has 2 saturated carbocycles. The van der Waals surface area contributed by atoms with Crippen molar-refractivity contribution in [1.29, 1.82) is 0 Å². The fraction of sp³-hybridized carbons (Fsp3) is 0.533. The van der Waals surface area contributed by atoms with Crippen molar-refractivity contribution in [2.75, 3.05) is 18.4 Å². The number of nitrogens with zero attached hydrogens (tertiary/aromatic N) is 1. The summed E-state index contributed by atoms with van der Waals surface area (Å²) in [5.41, 5.74) is 1.02. The Kier molecular flexibility index (Phi) is 3.22. The molecule has 3 rings (SSSR count). The number of carbonyl (C=O) groups is 1. The quantitative estimate of drug-likeness (QED) is 0.834. The molecule has 0 unspecified atom stereocenters. The number of para-hydroxylation sites is 1. The standard InChI is InChI=1S/C15H20N2O/c18-15(10-16-13-4-2-1-3-5-13)17(14-8-9-14)11-12-6-7-12/h1-5,12,14,16H,6-11H2. The maximum atomic E-state index is 12.2. The molecule has 0 heterocycles. The van der Waals surface area contributed by atoms with Crippen LogP contribution in [0.1, 0.15) is 25.7 Å². The second kappa shape index (κ2) is 5.01. The topological polar surface area (TPSA) is 32.3 Å². The Labute approximate surface area is 108 Å². The average Bonchev–Trinajstić information content (AvgIpc) is 3.28. The number of hydrogen-bond acceptors (Lipinski definition) is 2. The number of nitrogens with one attached hydrogen (secondary N) is 1. The van der Waals surface area contributed by atoms with Gasteiger partial charge in [-0.3, -0.25) is 4.79 Å². The minimum atomic E-state index is 0.258. The maximum Gasteiger partial charge on any atom is 0.242 e. The van der Waals surface area contributed by atoms with E-state index in [1.165, 1.54) is 25.7 Å². The van der Waals surface area contributed by atoms with Crippen molar-refractivity contribution >= 4 is 11.6 Å². The Hall–Kier alpha value is -1.51. The van der Waals surface area contributed by atoms with Crippen molar-refractivity contribution in [1.82, 2.24) is 4.90 Å². The lowest BCUT2D eigenvalue weighted by Gasteiger charge is -2.22. The monoisotopic (exact) mass is 244 g/mol. The van der Waals surface area contributed by atoms with Gasteiger partial charge < -0.3 is 10.2 Å². The summed E-state index contributed by atoms with van der Waals surface area (Å²) < 4.78 is 0. The number of amides is 1. The first-order chi connectivity index (χ1) is 8.83. The summed E-state index contributed by atoms with van der Waals surface area (Å²) in [5.74, 6) is 1.04. The molecule has 2 aliphatic rings. The van der Waals surface area contributed by atoms with Gasteiger partial charge in [-0.05, 0) is 43.7 Å². The van der Waals surface area contributed by atoms with Crippen molar-refractivity contribution in [2.45, 2.75) is 31.7 Å². The molecule has 1 aromatic carbocycles. The molecule has 0 aromatic heterocycles. The highest BCUT2D eigenvalue weighted by atomic mass is 16.2. The molecule has 2 fully saturated rings. The lowest BCUT2D eigenvalue weighted by atomic mass is 10.3. The zero-order valence-electron chi connectivity index (χ0n) is 10.6. The van der Waals surface area contributed by atoms with E-state index in [4.69, 9.17) is 0 Å². The van der Waals surface area contributed by atoms with E-state index in [1.54, 1.807) is 0 Å². The van der Waals surface area contributed by atoms with Gasteiger partial charge in [0.05, 0.1) is 6.54 Å². The van der Waals surface area contributed by atoms with Gasteiger partial charge in [-0.25, -0.2) is 0 Å². The zero-order chi connectivity index (χ0) is 12.4. The van der Waals surface area contributed by atoms with Crippen LogP contribution in [0.3, 0.4) is 0 Å². The van der Waals surface area contributed by atoms with Crippen LogP contribution < -0.4 is 5.32 Å². The van der Waals surface area contributed by atoms with Crippen LogP contribution in [0.15, 0.2) is 30.3 Å². The van der Waals surface area contributed by atoms with E-state index in [9.17, 15) is 4.79 Å². The molecule has 0 aliphatic heterocycles. The van der Waals surface area contributed by atoms with Crippen molar-refractivity contribution in [3.8, 4) is 0 Å². The summed E-state index contributed by atoms with van der Waals surface area (Å²) in [6.07, 6.45) is 5.01. The van der Waals surface area contributed by atoms with Gasteiger partial charge in [0, 0.05) is 18.3 Å².